The lowest BCUT2D eigenvalue weighted by atomic mass is 9.96. The molecule has 39 heavy (non-hydrogen) atoms. The third kappa shape index (κ3) is 7.26. The Labute approximate surface area is 232 Å². The number of nitrogens with one attached hydrogen (secondary N) is 5. The molecule has 5 N–H and O–H groups in total. The number of amides is 2. The average molecular weight is 548 g/mol. The van der Waals surface area contributed by atoms with E-state index in [1.54, 1.807) is 0 Å². The highest BCUT2D eigenvalue weighted by Crippen LogP contribution is 2.31. The molecule has 0 radical (unpaired) electrons. The molecule has 206 valence electrons. The van der Waals surface area contributed by atoms with Crippen LogP contribution in [-0.2, 0) is 10.7 Å². The van der Waals surface area contributed by atoms with Crippen molar-refractivity contribution in [3.8, 4) is 16.9 Å². The van der Waals surface area contributed by atoms with E-state index in [2.05, 4.69) is 26.3 Å². The number of aromatic nitrogens is 2. The second kappa shape index (κ2) is 12.9. The van der Waals surface area contributed by atoms with Crippen LogP contribution < -0.4 is 26.0 Å². The van der Waals surface area contributed by atoms with Crippen LogP contribution >= 0.6 is 0 Å². The van der Waals surface area contributed by atoms with Crippen LogP contribution in [0.1, 0.15) is 51.9 Å². The molecule has 1 aromatic heterocycles. The standard InChI is InChI=1S/C29H37N7O2S/c1-2-38-24-12-10-20(11-13-24)26-19-32-28-33-22-16-23(35-29(37)34-21-8-4-3-5-9-21)18-25(17-22)39(30)15-7-6-14-31-27(26)36-28/h10-13,16-19,21,30H,2-9,14-15H2,1H3,(H2,34,35,37)(H2,31,32,33,36). The molecule has 9 nitrogen and oxygen atoms in total. The Hall–Kier alpha value is -3.66. The molecule has 10 heteroatoms. The molecule has 2 aromatic carbocycles. The van der Waals surface area contributed by atoms with Gasteiger partial charge in [0.25, 0.3) is 0 Å². The van der Waals surface area contributed by atoms with E-state index in [-0.39, 0.29) is 12.1 Å². The molecular weight excluding hydrogens is 510 g/mol. The smallest absolute Gasteiger partial charge is 0.319 e. The third-order valence-corrected chi connectivity index (χ3v) is 8.48. The van der Waals surface area contributed by atoms with Gasteiger partial charge in [-0.2, -0.15) is 4.98 Å². The molecule has 4 bridgehead atoms. The van der Waals surface area contributed by atoms with Crippen molar-refractivity contribution in [2.75, 3.05) is 34.9 Å². The van der Waals surface area contributed by atoms with Crippen molar-refractivity contribution in [2.45, 2.75) is 62.8 Å². The van der Waals surface area contributed by atoms with Crippen molar-refractivity contribution in [1.29, 1.82) is 4.78 Å². The van der Waals surface area contributed by atoms with Gasteiger partial charge in [0.15, 0.2) is 0 Å². The lowest BCUT2D eigenvalue weighted by Crippen LogP contribution is -2.39. The summed E-state index contributed by atoms with van der Waals surface area (Å²) < 4.78 is 14.4. The van der Waals surface area contributed by atoms with Gasteiger partial charge in [0.1, 0.15) is 11.6 Å². The van der Waals surface area contributed by atoms with Gasteiger partial charge in [-0.25, -0.2) is 9.78 Å². The second-order valence-corrected chi connectivity index (χ2v) is 11.6. The molecule has 1 unspecified atom stereocenters. The number of hydrogen-bond acceptors (Lipinski definition) is 7. The molecular formula is C29H37N7O2S. The molecule has 3 aromatic rings. The molecule has 1 atom stereocenters. The summed E-state index contributed by atoms with van der Waals surface area (Å²) in [5, 5.41) is 12.9. The minimum atomic E-state index is -0.701. The number of fused-ring (bicyclic) bond motifs is 4. The number of urea groups is 1. The van der Waals surface area contributed by atoms with Gasteiger partial charge >= 0.3 is 6.03 Å². The highest BCUT2D eigenvalue weighted by Gasteiger charge is 2.17. The van der Waals surface area contributed by atoms with E-state index in [0.717, 1.165) is 84.1 Å². The fourth-order valence-corrected chi connectivity index (χ4v) is 6.26. The zero-order valence-electron chi connectivity index (χ0n) is 22.4. The summed E-state index contributed by atoms with van der Waals surface area (Å²) in [5.74, 6) is 2.79. The first kappa shape index (κ1) is 26.9. The topological polar surface area (TPSA) is 124 Å². The molecule has 0 saturated heterocycles. The zero-order valence-corrected chi connectivity index (χ0v) is 23.2. The fraction of sp³-hybridized carbons (Fsp3) is 0.414. The molecule has 1 aliphatic heterocycles. The highest BCUT2D eigenvalue weighted by atomic mass is 32.2. The lowest BCUT2D eigenvalue weighted by Gasteiger charge is -2.23. The SMILES string of the molecule is CCOc1ccc(-c2cnc3nc2NCCCCS(=N)c2cc(NC(=O)NC4CCCCC4)cc(c2)N3)cc1. The van der Waals surface area contributed by atoms with Gasteiger partial charge in [0.05, 0.1) is 6.61 Å². The van der Waals surface area contributed by atoms with Crippen LogP contribution in [0.5, 0.6) is 5.75 Å². The van der Waals surface area contributed by atoms with Gasteiger partial charge < -0.3 is 26.0 Å². The van der Waals surface area contributed by atoms with Crippen LogP contribution in [0, 0.1) is 4.78 Å². The summed E-state index contributed by atoms with van der Waals surface area (Å²) in [6.07, 6.45) is 9.26. The number of carbonyl (C=O) groups is 1. The highest BCUT2D eigenvalue weighted by molar-refractivity contribution is 7.86. The van der Waals surface area contributed by atoms with Crippen LogP contribution in [0.15, 0.2) is 53.6 Å². The van der Waals surface area contributed by atoms with Crippen molar-refractivity contribution < 1.29 is 9.53 Å². The normalized spacial score (nSPS) is 17.8. The van der Waals surface area contributed by atoms with Crippen molar-refractivity contribution in [3.63, 3.8) is 0 Å². The van der Waals surface area contributed by atoms with Crippen LogP contribution in [0.3, 0.4) is 0 Å². The number of anilines is 4. The quantitative estimate of drug-likeness (QED) is 0.243. The Morgan fingerprint density at radius 2 is 1.92 bits per heavy atom. The van der Waals surface area contributed by atoms with Gasteiger partial charge in [0, 0.05) is 46.4 Å². The van der Waals surface area contributed by atoms with E-state index < -0.39 is 10.7 Å². The van der Waals surface area contributed by atoms with E-state index in [4.69, 9.17) is 14.5 Å². The predicted octanol–water partition coefficient (Wildman–Crippen LogP) is 6.69. The summed E-state index contributed by atoms with van der Waals surface area (Å²) >= 11 is 0. The van der Waals surface area contributed by atoms with Gasteiger partial charge in [-0.15, -0.1) is 0 Å². The number of rotatable bonds is 5. The molecule has 2 aliphatic rings. The fourth-order valence-electron chi connectivity index (χ4n) is 5.00. The maximum Gasteiger partial charge on any atom is 0.319 e. The minimum absolute atomic E-state index is 0.199. The van der Waals surface area contributed by atoms with Gasteiger partial charge in [-0.1, -0.05) is 42.1 Å². The van der Waals surface area contributed by atoms with E-state index in [1.165, 1.54) is 6.42 Å². The van der Waals surface area contributed by atoms with Crippen molar-refractivity contribution >= 4 is 39.9 Å². The molecule has 0 spiro atoms. The molecule has 1 saturated carbocycles. The summed E-state index contributed by atoms with van der Waals surface area (Å²) in [4.78, 5) is 23.0. The number of nitrogens with zero attached hydrogens (tertiary/aromatic N) is 2. The summed E-state index contributed by atoms with van der Waals surface area (Å²) in [7, 11) is -0.701. The largest absolute Gasteiger partial charge is 0.494 e. The van der Waals surface area contributed by atoms with E-state index in [9.17, 15) is 4.79 Å². The van der Waals surface area contributed by atoms with Crippen LogP contribution in [0.4, 0.5) is 27.9 Å². The first-order chi connectivity index (χ1) is 19.1. The summed E-state index contributed by atoms with van der Waals surface area (Å²) in [6.45, 7) is 3.35. The van der Waals surface area contributed by atoms with E-state index in [0.29, 0.717) is 18.2 Å². The van der Waals surface area contributed by atoms with Crippen LogP contribution in [-0.4, -0.2) is 40.9 Å². The number of ether oxygens (including phenoxy) is 1. The average Bonchev–Trinajstić information content (AvgIpc) is 2.94. The Kier molecular flexibility index (Phi) is 8.93. The molecule has 5 rings (SSSR count). The van der Waals surface area contributed by atoms with E-state index >= 15 is 0 Å². The van der Waals surface area contributed by atoms with Crippen molar-refractivity contribution in [3.05, 3.63) is 48.7 Å². The lowest BCUT2D eigenvalue weighted by molar-refractivity contribution is 0.244. The molecule has 2 heterocycles. The van der Waals surface area contributed by atoms with Crippen molar-refractivity contribution in [2.24, 2.45) is 0 Å². The number of benzene rings is 2. The summed E-state index contributed by atoms with van der Waals surface area (Å²) in [5.41, 5.74) is 3.31. The molecule has 1 aliphatic carbocycles. The second-order valence-electron chi connectivity index (χ2n) is 9.95. The monoisotopic (exact) mass is 547 g/mol. The maximum atomic E-state index is 12.8. The Morgan fingerprint density at radius 1 is 1.10 bits per heavy atom. The van der Waals surface area contributed by atoms with Gasteiger partial charge in [-0.3, -0.25) is 4.78 Å². The van der Waals surface area contributed by atoms with Crippen molar-refractivity contribution in [1.82, 2.24) is 15.3 Å². The molecule has 2 amide bonds. The zero-order chi connectivity index (χ0) is 27.0. The first-order valence-electron chi connectivity index (χ1n) is 13.8. The summed E-state index contributed by atoms with van der Waals surface area (Å²) in [6, 6.07) is 13.7. The van der Waals surface area contributed by atoms with Gasteiger partial charge in [-0.05, 0) is 68.5 Å². The Morgan fingerprint density at radius 3 is 2.72 bits per heavy atom. The number of carbonyl (C=O) groups excluding carboxylic acids is 1. The minimum Gasteiger partial charge on any atom is -0.494 e. The third-order valence-electron chi connectivity index (χ3n) is 6.98. The van der Waals surface area contributed by atoms with Crippen LogP contribution in [0.2, 0.25) is 0 Å². The number of hydrogen-bond donors (Lipinski definition) is 5. The first-order valence-corrected chi connectivity index (χ1v) is 15.2. The van der Waals surface area contributed by atoms with E-state index in [1.807, 2.05) is 55.6 Å². The Balaban J connectivity index is 1.40. The Bertz CT molecular complexity index is 1310. The maximum absolute atomic E-state index is 12.8. The van der Waals surface area contributed by atoms with Crippen LogP contribution in [0.25, 0.3) is 11.1 Å². The van der Waals surface area contributed by atoms with Gasteiger partial charge in [0.2, 0.25) is 5.95 Å². The molecule has 1 fully saturated rings. The predicted molar refractivity (Wildman–Crippen MR) is 158 cm³/mol.